The standard InChI is InChI=1S/C14H15BrF2O2.CH3F/c1-14(2,7-11(18)13(16)17)10-6-9(15)5-8-3-4-19-12(8)10;1-2/h5-6,13H,3-4,7H2,1-2H3;1H3. The fourth-order valence-corrected chi connectivity index (χ4v) is 2.89. The van der Waals surface area contributed by atoms with Gasteiger partial charge in [-0.2, -0.15) is 0 Å². The van der Waals surface area contributed by atoms with E-state index in [2.05, 4.69) is 15.9 Å². The van der Waals surface area contributed by atoms with Crippen molar-refractivity contribution in [2.75, 3.05) is 13.8 Å². The summed E-state index contributed by atoms with van der Waals surface area (Å²) in [5, 5.41) is 0. The van der Waals surface area contributed by atoms with Crippen LogP contribution in [0, 0.1) is 0 Å². The van der Waals surface area contributed by atoms with Crippen molar-refractivity contribution in [3.63, 3.8) is 0 Å². The van der Waals surface area contributed by atoms with E-state index in [0.717, 1.165) is 27.8 Å². The van der Waals surface area contributed by atoms with Crippen LogP contribution in [-0.4, -0.2) is 26.0 Å². The summed E-state index contributed by atoms with van der Waals surface area (Å²) >= 11 is 3.41. The lowest BCUT2D eigenvalue weighted by molar-refractivity contribution is -0.130. The van der Waals surface area contributed by atoms with E-state index in [1.807, 2.05) is 12.1 Å². The first-order valence-electron chi connectivity index (χ1n) is 6.45. The topological polar surface area (TPSA) is 26.3 Å². The van der Waals surface area contributed by atoms with Crippen LogP contribution in [0.3, 0.4) is 0 Å². The Morgan fingerprint density at radius 1 is 1.38 bits per heavy atom. The molecule has 0 bridgehead atoms. The number of hydrogen-bond acceptors (Lipinski definition) is 2. The maximum absolute atomic E-state index is 12.4. The molecule has 21 heavy (non-hydrogen) atoms. The molecule has 0 spiro atoms. The van der Waals surface area contributed by atoms with Crippen LogP contribution in [0.25, 0.3) is 0 Å². The number of rotatable bonds is 4. The van der Waals surface area contributed by atoms with Crippen molar-refractivity contribution < 1.29 is 22.7 Å². The Hall–Kier alpha value is -1.04. The monoisotopic (exact) mass is 366 g/mol. The van der Waals surface area contributed by atoms with Crippen LogP contribution in [0.15, 0.2) is 16.6 Å². The van der Waals surface area contributed by atoms with Crippen molar-refractivity contribution in [3.8, 4) is 5.75 Å². The zero-order valence-electron chi connectivity index (χ0n) is 12.2. The van der Waals surface area contributed by atoms with Crippen molar-refractivity contribution in [1.29, 1.82) is 0 Å². The Morgan fingerprint density at radius 3 is 2.57 bits per heavy atom. The normalized spacial score (nSPS) is 13.3. The van der Waals surface area contributed by atoms with E-state index in [1.54, 1.807) is 13.8 Å². The third kappa shape index (κ3) is 4.22. The number of fused-ring (bicyclic) bond motifs is 1. The number of ether oxygens (including phenoxy) is 1. The molecule has 118 valence electrons. The molecule has 2 nitrogen and oxygen atoms in total. The van der Waals surface area contributed by atoms with Crippen LogP contribution >= 0.6 is 15.9 Å². The molecule has 1 aliphatic rings. The number of Topliss-reactive ketones (excluding diaryl/α,β-unsaturated/α-hetero) is 1. The molecule has 1 aromatic rings. The SMILES string of the molecule is CC(C)(CC(=O)C(F)F)c1cc(Br)cc2c1OCC2.CF. The summed E-state index contributed by atoms with van der Waals surface area (Å²) in [7, 11) is 0.500. The van der Waals surface area contributed by atoms with Gasteiger partial charge in [0.2, 0.25) is 0 Å². The van der Waals surface area contributed by atoms with E-state index in [4.69, 9.17) is 4.74 Å². The second-order valence-corrected chi connectivity index (χ2v) is 6.28. The van der Waals surface area contributed by atoms with E-state index in [0.29, 0.717) is 13.8 Å². The highest BCUT2D eigenvalue weighted by atomic mass is 79.9. The van der Waals surface area contributed by atoms with E-state index >= 15 is 0 Å². The highest BCUT2D eigenvalue weighted by Gasteiger charge is 2.33. The van der Waals surface area contributed by atoms with Gasteiger partial charge in [0.15, 0.2) is 5.78 Å². The van der Waals surface area contributed by atoms with Crippen LogP contribution in [-0.2, 0) is 16.6 Å². The third-order valence-corrected chi connectivity index (χ3v) is 3.79. The predicted molar refractivity (Wildman–Crippen MR) is 79.0 cm³/mol. The van der Waals surface area contributed by atoms with Crippen LogP contribution < -0.4 is 4.74 Å². The van der Waals surface area contributed by atoms with Gasteiger partial charge < -0.3 is 4.74 Å². The molecular formula is C15H18BrF3O2. The second kappa shape index (κ2) is 7.29. The average Bonchev–Trinajstić information content (AvgIpc) is 2.87. The zero-order chi connectivity index (χ0) is 16.2. The van der Waals surface area contributed by atoms with Gasteiger partial charge in [0.05, 0.1) is 13.8 Å². The fourth-order valence-electron chi connectivity index (χ4n) is 2.38. The lowest BCUT2D eigenvalue weighted by Crippen LogP contribution is -2.26. The lowest BCUT2D eigenvalue weighted by atomic mass is 9.79. The Bertz CT molecular complexity index is 516. The summed E-state index contributed by atoms with van der Waals surface area (Å²) < 4.78 is 40.8. The van der Waals surface area contributed by atoms with E-state index in [1.165, 1.54) is 0 Å². The average molecular weight is 367 g/mol. The Balaban J connectivity index is 0.00000106. The minimum absolute atomic E-state index is 0.198. The van der Waals surface area contributed by atoms with Gasteiger partial charge in [-0.05, 0) is 17.7 Å². The molecule has 2 rings (SSSR count). The Labute approximate surface area is 130 Å². The second-order valence-electron chi connectivity index (χ2n) is 5.37. The van der Waals surface area contributed by atoms with Crippen molar-refractivity contribution in [2.24, 2.45) is 0 Å². The van der Waals surface area contributed by atoms with Crippen molar-refractivity contribution >= 4 is 21.7 Å². The molecule has 1 aromatic carbocycles. The fraction of sp³-hybridized carbons (Fsp3) is 0.533. The number of ketones is 1. The van der Waals surface area contributed by atoms with Gasteiger partial charge in [-0.25, -0.2) is 8.78 Å². The number of hydrogen-bond donors (Lipinski definition) is 0. The van der Waals surface area contributed by atoms with Crippen LogP contribution in [0.4, 0.5) is 13.2 Å². The van der Waals surface area contributed by atoms with Gasteiger partial charge in [-0.3, -0.25) is 9.18 Å². The smallest absolute Gasteiger partial charge is 0.296 e. The molecule has 0 N–H and O–H groups in total. The molecule has 1 aliphatic heterocycles. The van der Waals surface area contributed by atoms with E-state index < -0.39 is 17.6 Å². The summed E-state index contributed by atoms with van der Waals surface area (Å²) in [6.07, 6.45) is -2.31. The first-order chi connectivity index (χ1) is 9.81. The molecule has 0 fully saturated rings. The van der Waals surface area contributed by atoms with Crippen molar-refractivity contribution in [3.05, 3.63) is 27.7 Å². The molecule has 0 radical (unpaired) electrons. The summed E-state index contributed by atoms with van der Waals surface area (Å²) in [4.78, 5) is 11.3. The largest absolute Gasteiger partial charge is 0.493 e. The van der Waals surface area contributed by atoms with E-state index in [9.17, 15) is 18.0 Å². The summed E-state index contributed by atoms with van der Waals surface area (Å²) in [6.45, 7) is 4.17. The minimum Gasteiger partial charge on any atom is -0.493 e. The van der Waals surface area contributed by atoms with Crippen molar-refractivity contribution in [1.82, 2.24) is 0 Å². The molecule has 0 atom stereocenters. The quantitative estimate of drug-likeness (QED) is 0.785. The minimum atomic E-state index is -2.92. The van der Waals surface area contributed by atoms with Crippen LogP contribution in [0.2, 0.25) is 0 Å². The molecular weight excluding hydrogens is 349 g/mol. The number of carbonyl (C=O) groups is 1. The van der Waals surface area contributed by atoms with Gasteiger partial charge in [0.25, 0.3) is 6.43 Å². The molecule has 0 saturated carbocycles. The molecule has 1 heterocycles. The van der Waals surface area contributed by atoms with Gasteiger partial charge >= 0.3 is 0 Å². The van der Waals surface area contributed by atoms with Crippen molar-refractivity contribution in [2.45, 2.75) is 38.5 Å². The maximum Gasteiger partial charge on any atom is 0.296 e. The Morgan fingerprint density at radius 2 is 2.00 bits per heavy atom. The number of carbonyl (C=O) groups excluding carboxylic acids is 1. The third-order valence-electron chi connectivity index (χ3n) is 3.34. The molecule has 6 heteroatoms. The van der Waals surface area contributed by atoms with Gasteiger partial charge in [0.1, 0.15) is 5.75 Å². The first kappa shape index (κ1) is 18.0. The highest BCUT2D eigenvalue weighted by Crippen LogP contribution is 2.41. The summed E-state index contributed by atoms with van der Waals surface area (Å²) in [5.41, 5.74) is 1.19. The van der Waals surface area contributed by atoms with Crippen LogP contribution in [0.5, 0.6) is 5.75 Å². The molecule has 0 aromatic heterocycles. The van der Waals surface area contributed by atoms with Gasteiger partial charge in [-0.15, -0.1) is 0 Å². The first-order valence-corrected chi connectivity index (χ1v) is 7.25. The number of alkyl halides is 3. The maximum atomic E-state index is 12.4. The Kier molecular flexibility index (Phi) is 6.25. The van der Waals surface area contributed by atoms with Gasteiger partial charge in [-0.1, -0.05) is 29.8 Å². The molecule has 0 saturated heterocycles. The molecule has 0 amide bonds. The predicted octanol–water partition coefficient (Wildman–Crippen LogP) is 4.47. The number of halogens is 4. The number of benzene rings is 1. The van der Waals surface area contributed by atoms with Crippen LogP contribution in [0.1, 0.15) is 31.4 Å². The summed E-state index contributed by atoms with van der Waals surface area (Å²) in [5.74, 6) is -0.285. The van der Waals surface area contributed by atoms with Gasteiger partial charge in [0, 0.05) is 28.3 Å². The van der Waals surface area contributed by atoms with E-state index in [-0.39, 0.29) is 6.42 Å². The summed E-state index contributed by atoms with van der Waals surface area (Å²) in [6, 6.07) is 3.82. The lowest BCUT2D eigenvalue weighted by Gasteiger charge is -2.26. The molecule has 0 unspecified atom stereocenters. The zero-order valence-corrected chi connectivity index (χ0v) is 13.8. The molecule has 0 aliphatic carbocycles. The highest BCUT2D eigenvalue weighted by molar-refractivity contribution is 9.10.